The monoisotopic (exact) mass is 504 g/mol. The van der Waals surface area contributed by atoms with Gasteiger partial charge in [0.25, 0.3) is 23.6 Å². The van der Waals surface area contributed by atoms with E-state index in [-0.39, 0.29) is 22.5 Å². The zero-order chi connectivity index (χ0) is 26.6. The number of benzene rings is 4. The van der Waals surface area contributed by atoms with Gasteiger partial charge in [-0.15, -0.1) is 0 Å². The average Bonchev–Trinajstić information content (AvgIpc) is 3.32. The quantitative estimate of drug-likeness (QED) is 0.338. The zero-order valence-electron chi connectivity index (χ0n) is 20.4. The van der Waals surface area contributed by atoms with Crippen LogP contribution < -0.4 is 19.3 Å². The van der Waals surface area contributed by atoms with Crippen LogP contribution in [0.4, 0.5) is 11.4 Å². The Morgan fingerprint density at radius 2 is 1.05 bits per heavy atom. The average molecular weight is 504 g/mol. The number of ether oxygens (including phenoxy) is 2. The van der Waals surface area contributed by atoms with Crippen molar-refractivity contribution in [2.45, 2.75) is 6.92 Å². The van der Waals surface area contributed by atoms with Crippen molar-refractivity contribution in [3.05, 3.63) is 113 Å². The molecule has 4 aromatic rings. The number of imide groups is 2. The minimum atomic E-state index is -0.531. The van der Waals surface area contributed by atoms with Gasteiger partial charge in [-0.1, -0.05) is 23.8 Å². The summed E-state index contributed by atoms with van der Waals surface area (Å²) in [6, 6.07) is 23.0. The summed E-state index contributed by atoms with van der Waals surface area (Å²) >= 11 is 0. The number of amides is 4. The van der Waals surface area contributed by atoms with Crippen LogP contribution in [-0.4, -0.2) is 30.7 Å². The number of hydrogen-bond donors (Lipinski definition) is 0. The van der Waals surface area contributed by atoms with E-state index in [1.54, 1.807) is 79.9 Å². The van der Waals surface area contributed by atoms with Crippen molar-refractivity contribution in [1.29, 1.82) is 0 Å². The minimum absolute atomic E-state index is 0.192. The molecule has 0 spiro atoms. The van der Waals surface area contributed by atoms with Crippen LogP contribution in [0.5, 0.6) is 17.2 Å². The van der Waals surface area contributed by atoms with E-state index in [1.165, 1.54) is 12.1 Å². The van der Waals surface area contributed by atoms with Crippen molar-refractivity contribution in [2.24, 2.45) is 0 Å². The van der Waals surface area contributed by atoms with Crippen molar-refractivity contribution in [1.82, 2.24) is 0 Å². The number of hydrogen-bond acceptors (Lipinski definition) is 6. The standard InChI is InChI=1S/C30H20N2O6/c1-17-9-11-23-25(13-17)29(35)31(27(23)33)18-5-3-6-19(14-18)32-28(34)24-12-10-22(16-26(24)30(32)36)38-21-8-4-7-20(15-21)37-2/h3-16H,1-2H3. The smallest absolute Gasteiger partial charge is 0.266 e. The van der Waals surface area contributed by atoms with Gasteiger partial charge in [0, 0.05) is 6.07 Å². The number of anilines is 2. The Morgan fingerprint density at radius 1 is 0.526 bits per heavy atom. The van der Waals surface area contributed by atoms with Crippen LogP contribution in [0.25, 0.3) is 0 Å². The first-order valence-corrected chi connectivity index (χ1v) is 11.8. The molecule has 0 atom stereocenters. The Balaban J connectivity index is 1.30. The number of aryl methyl sites for hydroxylation is 1. The van der Waals surface area contributed by atoms with Crippen molar-refractivity contribution < 1.29 is 28.7 Å². The molecule has 2 heterocycles. The van der Waals surface area contributed by atoms with Crippen LogP contribution in [-0.2, 0) is 0 Å². The van der Waals surface area contributed by atoms with E-state index in [0.29, 0.717) is 28.4 Å². The summed E-state index contributed by atoms with van der Waals surface area (Å²) in [7, 11) is 1.55. The molecular formula is C30H20N2O6. The third kappa shape index (κ3) is 3.62. The van der Waals surface area contributed by atoms with E-state index in [0.717, 1.165) is 15.4 Å². The maximum absolute atomic E-state index is 13.4. The predicted octanol–water partition coefficient (Wildman–Crippen LogP) is 5.40. The molecule has 0 saturated heterocycles. The lowest BCUT2D eigenvalue weighted by Gasteiger charge is -2.18. The van der Waals surface area contributed by atoms with Gasteiger partial charge in [-0.3, -0.25) is 19.2 Å². The largest absolute Gasteiger partial charge is 0.497 e. The first-order valence-electron chi connectivity index (χ1n) is 11.8. The summed E-state index contributed by atoms with van der Waals surface area (Å²) in [5.74, 6) is -0.424. The summed E-state index contributed by atoms with van der Waals surface area (Å²) in [6.07, 6.45) is 0. The first kappa shape index (κ1) is 23.2. The summed E-state index contributed by atoms with van der Waals surface area (Å²) in [4.78, 5) is 54.8. The van der Waals surface area contributed by atoms with Gasteiger partial charge in [0.1, 0.15) is 17.2 Å². The molecule has 0 fully saturated rings. The first-order chi connectivity index (χ1) is 18.4. The van der Waals surface area contributed by atoms with Crippen LogP contribution in [0, 0.1) is 6.92 Å². The predicted molar refractivity (Wildman–Crippen MR) is 139 cm³/mol. The fourth-order valence-corrected chi connectivity index (χ4v) is 4.68. The number of fused-ring (bicyclic) bond motifs is 2. The van der Waals surface area contributed by atoms with Crippen molar-refractivity contribution in [3.8, 4) is 17.2 Å². The fraction of sp³-hybridized carbons (Fsp3) is 0.0667. The van der Waals surface area contributed by atoms with Gasteiger partial charge in [-0.25, -0.2) is 9.80 Å². The molecule has 6 rings (SSSR count). The summed E-state index contributed by atoms with van der Waals surface area (Å²) in [5.41, 5.74) is 2.44. The second kappa shape index (κ2) is 8.70. The highest BCUT2D eigenvalue weighted by Gasteiger charge is 2.39. The van der Waals surface area contributed by atoms with Gasteiger partial charge < -0.3 is 9.47 Å². The van der Waals surface area contributed by atoms with E-state index < -0.39 is 23.6 Å². The third-order valence-electron chi connectivity index (χ3n) is 6.52. The van der Waals surface area contributed by atoms with Gasteiger partial charge in [-0.2, -0.15) is 0 Å². The van der Waals surface area contributed by atoms with Crippen LogP contribution in [0.3, 0.4) is 0 Å². The molecule has 4 amide bonds. The Morgan fingerprint density at radius 3 is 1.71 bits per heavy atom. The van der Waals surface area contributed by atoms with Crippen LogP contribution in [0.1, 0.15) is 47.0 Å². The molecule has 0 bridgehead atoms. The van der Waals surface area contributed by atoms with Crippen LogP contribution in [0.15, 0.2) is 84.9 Å². The molecule has 0 radical (unpaired) electrons. The number of methoxy groups -OCH3 is 1. The molecule has 2 aliphatic heterocycles. The van der Waals surface area contributed by atoms with E-state index in [9.17, 15) is 19.2 Å². The molecule has 0 N–H and O–H groups in total. The van der Waals surface area contributed by atoms with Crippen molar-refractivity contribution in [2.75, 3.05) is 16.9 Å². The zero-order valence-corrected chi connectivity index (χ0v) is 20.4. The van der Waals surface area contributed by atoms with E-state index in [1.807, 2.05) is 6.92 Å². The highest BCUT2D eigenvalue weighted by Crippen LogP contribution is 2.36. The molecule has 4 aromatic carbocycles. The highest BCUT2D eigenvalue weighted by molar-refractivity contribution is 6.36. The van der Waals surface area contributed by atoms with Crippen molar-refractivity contribution >= 4 is 35.0 Å². The Hall–Kier alpha value is -5.24. The molecule has 8 heteroatoms. The van der Waals surface area contributed by atoms with Gasteiger partial charge >= 0.3 is 0 Å². The normalized spacial score (nSPS) is 14.2. The van der Waals surface area contributed by atoms with Crippen LogP contribution in [0.2, 0.25) is 0 Å². The van der Waals surface area contributed by atoms with E-state index >= 15 is 0 Å². The molecule has 0 unspecified atom stereocenters. The molecular weight excluding hydrogens is 484 g/mol. The summed E-state index contributed by atoms with van der Waals surface area (Å²) < 4.78 is 11.1. The topological polar surface area (TPSA) is 93.2 Å². The molecule has 186 valence electrons. The maximum atomic E-state index is 13.4. The number of nitrogens with zero attached hydrogens (tertiary/aromatic N) is 2. The summed E-state index contributed by atoms with van der Waals surface area (Å²) in [5, 5.41) is 0. The third-order valence-corrected chi connectivity index (χ3v) is 6.52. The number of carbonyl (C=O) groups is 4. The SMILES string of the molecule is COc1cccc(Oc2ccc3c(c2)C(=O)N(c2cccc(N4C(=O)c5ccc(C)cc5C4=O)c2)C3=O)c1. The lowest BCUT2D eigenvalue weighted by molar-refractivity contribution is 0.0912. The highest BCUT2D eigenvalue weighted by atomic mass is 16.5. The summed E-state index contributed by atoms with van der Waals surface area (Å²) in [6.45, 7) is 1.84. The van der Waals surface area contributed by atoms with E-state index in [2.05, 4.69) is 0 Å². The van der Waals surface area contributed by atoms with Gasteiger partial charge in [-0.05, 0) is 67.6 Å². The van der Waals surface area contributed by atoms with Crippen LogP contribution >= 0.6 is 0 Å². The second-order valence-electron chi connectivity index (χ2n) is 8.95. The molecule has 0 aliphatic carbocycles. The van der Waals surface area contributed by atoms with Gasteiger partial charge in [0.15, 0.2) is 0 Å². The molecule has 0 saturated carbocycles. The molecule has 38 heavy (non-hydrogen) atoms. The molecule has 2 aliphatic rings. The number of carbonyl (C=O) groups excluding carboxylic acids is 4. The molecule has 0 aromatic heterocycles. The Kier molecular flexibility index (Phi) is 5.31. The Labute approximate surface area is 217 Å². The number of rotatable bonds is 5. The second-order valence-corrected chi connectivity index (χ2v) is 8.95. The minimum Gasteiger partial charge on any atom is -0.497 e. The molecule has 8 nitrogen and oxygen atoms in total. The maximum Gasteiger partial charge on any atom is 0.266 e. The van der Waals surface area contributed by atoms with E-state index in [4.69, 9.17) is 9.47 Å². The van der Waals surface area contributed by atoms with Gasteiger partial charge in [0.2, 0.25) is 0 Å². The van der Waals surface area contributed by atoms with Crippen molar-refractivity contribution in [3.63, 3.8) is 0 Å². The lowest BCUT2D eigenvalue weighted by Crippen LogP contribution is -2.31. The Bertz CT molecular complexity index is 1690. The van der Waals surface area contributed by atoms with Gasteiger partial charge in [0.05, 0.1) is 40.7 Å². The fourth-order valence-electron chi connectivity index (χ4n) is 4.68. The lowest BCUT2D eigenvalue weighted by atomic mass is 10.1.